The van der Waals surface area contributed by atoms with Crippen LogP contribution in [0.2, 0.25) is 0 Å². The van der Waals surface area contributed by atoms with E-state index in [2.05, 4.69) is 45.1 Å². The predicted molar refractivity (Wildman–Crippen MR) is 67.3 cm³/mol. The maximum absolute atomic E-state index is 5.35. The van der Waals surface area contributed by atoms with Crippen LogP contribution < -0.4 is 5.73 Å². The molecule has 0 aromatic rings. The Morgan fingerprint density at radius 2 is 2.33 bits per heavy atom. The summed E-state index contributed by atoms with van der Waals surface area (Å²) in [7, 11) is 0. The molecule has 0 spiro atoms. The molecule has 2 atom stereocenters. The number of hydrogen-bond donors (Lipinski definition) is 1. The van der Waals surface area contributed by atoms with Crippen LogP contribution in [0, 0.1) is 11.8 Å². The van der Waals surface area contributed by atoms with Crippen LogP contribution in [0.1, 0.15) is 27.2 Å². The minimum absolute atomic E-state index is 0.581. The number of hydrogen-bond acceptors (Lipinski definition) is 1. The summed E-state index contributed by atoms with van der Waals surface area (Å²) < 4.78 is 0. The lowest BCUT2D eigenvalue weighted by atomic mass is 9.81. The molecule has 0 fully saturated rings. The van der Waals surface area contributed by atoms with Crippen LogP contribution in [0.5, 0.6) is 0 Å². The average Bonchev–Trinajstić information content (AvgIpc) is 2.63. The third-order valence-electron chi connectivity index (χ3n) is 3.13. The lowest BCUT2D eigenvalue weighted by Crippen LogP contribution is -2.13. The molecule has 0 aliphatic heterocycles. The maximum Gasteiger partial charge on any atom is 0.00456 e. The molecule has 1 heteroatoms. The summed E-state index contributed by atoms with van der Waals surface area (Å²) in [5.74, 6) is 1.19. The van der Waals surface area contributed by atoms with Gasteiger partial charge in [0.25, 0.3) is 0 Å². The molecule has 0 bridgehead atoms. The summed E-state index contributed by atoms with van der Waals surface area (Å²) in [5, 5.41) is 0. The van der Waals surface area contributed by atoms with Gasteiger partial charge < -0.3 is 5.73 Å². The third kappa shape index (κ3) is 2.85. The van der Waals surface area contributed by atoms with Crippen LogP contribution in [-0.2, 0) is 0 Å². The molecular formula is C14H21N. The normalized spacial score (nSPS) is 23.5. The van der Waals surface area contributed by atoms with E-state index in [1.54, 1.807) is 6.20 Å². The van der Waals surface area contributed by atoms with Crippen molar-refractivity contribution in [2.75, 3.05) is 0 Å². The van der Waals surface area contributed by atoms with Gasteiger partial charge >= 0.3 is 0 Å². The van der Waals surface area contributed by atoms with Gasteiger partial charge in [-0.05, 0) is 38.5 Å². The van der Waals surface area contributed by atoms with Gasteiger partial charge in [0.05, 0.1) is 0 Å². The van der Waals surface area contributed by atoms with Gasteiger partial charge in [-0.2, -0.15) is 0 Å². The van der Waals surface area contributed by atoms with Crippen LogP contribution >= 0.6 is 0 Å². The van der Waals surface area contributed by atoms with Crippen molar-refractivity contribution in [3.63, 3.8) is 0 Å². The molecule has 1 aliphatic carbocycles. The number of allylic oxidation sites excluding steroid dienone is 7. The Morgan fingerprint density at radius 3 is 2.80 bits per heavy atom. The van der Waals surface area contributed by atoms with E-state index in [0.717, 1.165) is 0 Å². The van der Waals surface area contributed by atoms with E-state index >= 15 is 0 Å². The lowest BCUT2D eigenvalue weighted by Gasteiger charge is -2.23. The topological polar surface area (TPSA) is 26.0 Å². The molecule has 1 rings (SSSR count). The summed E-state index contributed by atoms with van der Waals surface area (Å²) in [6.07, 6.45) is 13.5. The second kappa shape index (κ2) is 5.59. The predicted octanol–water partition coefficient (Wildman–Crippen LogP) is 3.56. The van der Waals surface area contributed by atoms with Gasteiger partial charge in [-0.25, -0.2) is 0 Å². The Morgan fingerprint density at radius 1 is 1.60 bits per heavy atom. The Bertz CT molecular complexity index is 318. The first-order valence-electron chi connectivity index (χ1n) is 5.60. The van der Waals surface area contributed by atoms with E-state index in [4.69, 9.17) is 5.73 Å². The van der Waals surface area contributed by atoms with Gasteiger partial charge in [-0.3, -0.25) is 0 Å². The zero-order valence-electron chi connectivity index (χ0n) is 9.90. The first-order valence-corrected chi connectivity index (χ1v) is 5.60. The van der Waals surface area contributed by atoms with E-state index < -0.39 is 0 Å². The summed E-state index contributed by atoms with van der Waals surface area (Å²) in [4.78, 5) is 0. The van der Waals surface area contributed by atoms with Gasteiger partial charge in [0, 0.05) is 5.92 Å². The molecule has 0 heterocycles. The second-order valence-electron chi connectivity index (χ2n) is 4.13. The highest BCUT2D eigenvalue weighted by Gasteiger charge is 2.21. The average molecular weight is 203 g/mol. The van der Waals surface area contributed by atoms with Gasteiger partial charge in [0.15, 0.2) is 0 Å². The molecule has 0 aromatic carbocycles. The molecule has 0 saturated carbocycles. The summed E-state index contributed by atoms with van der Waals surface area (Å²) >= 11 is 0. The lowest BCUT2D eigenvalue weighted by molar-refractivity contribution is 0.495. The largest absolute Gasteiger partial charge is 0.405 e. The zero-order chi connectivity index (χ0) is 11.3. The van der Waals surface area contributed by atoms with E-state index in [9.17, 15) is 0 Å². The van der Waals surface area contributed by atoms with Crippen molar-refractivity contribution in [1.82, 2.24) is 0 Å². The van der Waals surface area contributed by atoms with E-state index in [-0.39, 0.29) is 0 Å². The molecule has 0 radical (unpaired) electrons. The first kappa shape index (κ1) is 11.8. The molecule has 0 saturated heterocycles. The molecule has 82 valence electrons. The van der Waals surface area contributed by atoms with Crippen molar-refractivity contribution in [3.05, 3.63) is 47.7 Å². The fourth-order valence-corrected chi connectivity index (χ4v) is 2.23. The monoisotopic (exact) mass is 203 g/mol. The van der Waals surface area contributed by atoms with E-state index in [1.165, 1.54) is 17.6 Å². The fraction of sp³-hybridized carbons (Fsp3) is 0.429. The SMILES string of the molecule is CCC(/C(C)=C\C=C/N)C1C=CC=C1C. The van der Waals surface area contributed by atoms with Crippen LogP contribution in [0.25, 0.3) is 0 Å². The van der Waals surface area contributed by atoms with Gasteiger partial charge in [0.1, 0.15) is 0 Å². The summed E-state index contributed by atoms with van der Waals surface area (Å²) in [5.41, 5.74) is 8.22. The number of rotatable bonds is 4. The van der Waals surface area contributed by atoms with Crippen LogP contribution in [0.4, 0.5) is 0 Å². The maximum atomic E-state index is 5.35. The molecule has 2 unspecified atom stereocenters. The molecule has 0 amide bonds. The molecule has 1 aliphatic rings. The number of nitrogens with two attached hydrogens (primary N) is 1. The van der Waals surface area contributed by atoms with E-state index in [0.29, 0.717) is 11.8 Å². The summed E-state index contributed by atoms with van der Waals surface area (Å²) in [6.45, 7) is 6.64. The highest BCUT2D eigenvalue weighted by Crippen LogP contribution is 2.33. The molecule has 1 nitrogen and oxygen atoms in total. The third-order valence-corrected chi connectivity index (χ3v) is 3.13. The Balaban J connectivity index is 2.80. The molecule has 2 N–H and O–H groups in total. The van der Waals surface area contributed by atoms with Crippen LogP contribution in [0.15, 0.2) is 47.7 Å². The van der Waals surface area contributed by atoms with E-state index in [1.807, 2.05) is 6.08 Å². The summed E-state index contributed by atoms with van der Waals surface area (Å²) in [6, 6.07) is 0. The highest BCUT2D eigenvalue weighted by atomic mass is 14.5. The van der Waals surface area contributed by atoms with Crippen molar-refractivity contribution in [1.29, 1.82) is 0 Å². The minimum Gasteiger partial charge on any atom is -0.405 e. The molecular weight excluding hydrogens is 182 g/mol. The Hall–Kier alpha value is -1.24. The highest BCUT2D eigenvalue weighted by molar-refractivity contribution is 5.30. The van der Waals surface area contributed by atoms with Crippen molar-refractivity contribution < 1.29 is 0 Å². The van der Waals surface area contributed by atoms with Crippen LogP contribution in [0.3, 0.4) is 0 Å². The van der Waals surface area contributed by atoms with Gasteiger partial charge in [-0.15, -0.1) is 0 Å². The minimum atomic E-state index is 0.581. The van der Waals surface area contributed by atoms with Crippen molar-refractivity contribution in [3.8, 4) is 0 Å². The van der Waals surface area contributed by atoms with Crippen LogP contribution in [-0.4, -0.2) is 0 Å². The first-order chi connectivity index (χ1) is 7.20. The van der Waals surface area contributed by atoms with Crippen molar-refractivity contribution in [2.24, 2.45) is 17.6 Å². The molecule has 0 aromatic heterocycles. The van der Waals surface area contributed by atoms with Crippen molar-refractivity contribution in [2.45, 2.75) is 27.2 Å². The second-order valence-corrected chi connectivity index (χ2v) is 4.13. The van der Waals surface area contributed by atoms with Crippen molar-refractivity contribution >= 4 is 0 Å². The fourth-order valence-electron chi connectivity index (χ4n) is 2.23. The zero-order valence-corrected chi connectivity index (χ0v) is 9.90. The van der Waals surface area contributed by atoms with Gasteiger partial charge in [-0.1, -0.05) is 42.4 Å². The Kier molecular flexibility index (Phi) is 4.41. The standard InChI is InChI=1S/C14H21N/c1-4-13(11(2)8-6-10-15)14-9-5-7-12(14)3/h5-10,13-14H,4,15H2,1-3H3/b10-6-,11-8-. The smallest absolute Gasteiger partial charge is 0.00456 e. The molecule has 15 heavy (non-hydrogen) atoms. The quantitative estimate of drug-likeness (QED) is 0.695. The Labute approximate surface area is 93.1 Å². The van der Waals surface area contributed by atoms with Gasteiger partial charge in [0.2, 0.25) is 0 Å².